The number of hydrogen-bond acceptors (Lipinski definition) is 5. The Morgan fingerprint density at radius 2 is 1.70 bits per heavy atom. The van der Waals surface area contributed by atoms with Crippen LogP contribution in [0.25, 0.3) is 0 Å². The maximum atomic E-state index is 13.0. The molecule has 30 heavy (non-hydrogen) atoms. The minimum atomic E-state index is -0.0831. The SMILES string of the molecule is Cc1ccccc1OCCCN(C)C(=O)c1ccccc1OCc1c(C)noc1C. The Bertz CT molecular complexity index is 977. The lowest BCUT2D eigenvalue weighted by Gasteiger charge is -2.19. The Hall–Kier alpha value is -3.28. The molecule has 6 nitrogen and oxygen atoms in total. The summed E-state index contributed by atoms with van der Waals surface area (Å²) in [6.07, 6.45) is 0.735. The molecule has 0 unspecified atom stereocenters. The van der Waals surface area contributed by atoms with Gasteiger partial charge < -0.3 is 18.9 Å². The van der Waals surface area contributed by atoms with Gasteiger partial charge in [-0.2, -0.15) is 0 Å². The van der Waals surface area contributed by atoms with E-state index in [0.717, 1.165) is 34.8 Å². The summed E-state index contributed by atoms with van der Waals surface area (Å²) in [5.41, 5.74) is 3.33. The molecule has 0 bridgehead atoms. The number of rotatable bonds is 9. The second-order valence-corrected chi connectivity index (χ2v) is 7.28. The molecule has 0 aliphatic carbocycles. The summed E-state index contributed by atoms with van der Waals surface area (Å²) in [5.74, 6) is 2.07. The van der Waals surface area contributed by atoms with E-state index in [-0.39, 0.29) is 5.91 Å². The zero-order valence-electron chi connectivity index (χ0n) is 18.0. The minimum Gasteiger partial charge on any atom is -0.493 e. The predicted octanol–water partition coefficient (Wildman–Crippen LogP) is 4.72. The van der Waals surface area contributed by atoms with Crippen LogP contribution >= 0.6 is 0 Å². The van der Waals surface area contributed by atoms with E-state index in [2.05, 4.69) is 5.16 Å². The number of benzene rings is 2. The Kier molecular flexibility index (Phi) is 7.12. The molecule has 158 valence electrons. The number of aromatic nitrogens is 1. The molecule has 3 aromatic rings. The summed E-state index contributed by atoms with van der Waals surface area (Å²) in [7, 11) is 1.79. The first-order valence-electron chi connectivity index (χ1n) is 10.0. The van der Waals surface area contributed by atoms with Crippen molar-refractivity contribution in [3.63, 3.8) is 0 Å². The molecule has 0 aliphatic heterocycles. The monoisotopic (exact) mass is 408 g/mol. The summed E-state index contributed by atoms with van der Waals surface area (Å²) in [5, 5.41) is 3.94. The minimum absolute atomic E-state index is 0.0831. The third-order valence-corrected chi connectivity index (χ3v) is 5.01. The van der Waals surface area contributed by atoms with Crippen molar-refractivity contribution in [2.75, 3.05) is 20.2 Å². The third-order valence-electron chi connectivity index (χ3n) is 5.01. The van der Waals surface area contributed by atoms with Gasteiger partial charge in [-0.25, -0.2) is 0 Å². The summed E-state index contributed by atoms with van der Waals surface area (Å²) < 4.78 is 16.9. The highest BCUT2D eigenvalue weighted by atomic mass is 16.5. The normalized spacial score (nSPS) is 10.7. The molecule has 1 amide bonds. The van der Waals surface area contributed by atoms with Crippen LogP contribution in [0.5, 0.6) is 11.5 Å². The van der Waals surface area contributed by atoms with E-state index >= 15 is 0 Å². The number of nitrogens with zero attached hydrogens (tertiary/aromatic N) is 2. The third kappa shape index (κ3) is 5.20. The molecule has 0 aliphatic rings. The Morgan fingerprint density at radius 3 is 2.40 bits per heavy atom. The fourth-order valence-corrected chi connectivity index (χ4v) is 3.14. The molecular weight excluding hydrogens is 380 g/mol. The highest BCUT2D eigenvalue weighted by molar-refractivity contribution is 5.96. The van der Waals surface area contributed by atoms with Gasteiger partial charge >= 0.3 is 0 Å². The van der Waals surface area contributed by atoms with Gasteiger partial charge in [0, 0.05) is 13.6 Å². The van der Waals surface area contributed by atoms with Crippen LogP contribution in [0.15, 0.2) is 53.1 Å². The van der Waals surface area contributed by atoms with Crippen LogP contribution in [0.4, 0.5) is 0 Å². The fourth-order valence-electron chi connectivity index (χ4n) is 3.14. The second-order valence-electron chi connectivity index (χ2n) is 7.28. The van der Waals surface area contributed by atoms with Gasteiger partial charge in [-0.05, 0) is 51.0 Å². The number of hydrogen-bond donors (Lipinski definition) is 0. The number of carbonyl (C=O) groups is 1. The predicted molar refractivity (Wildman–Crippen MR) is 115 cm³/mol. The second kappa shape index (κ2) is 9.96. The van der Waals surface area contributed by atoms with Crippen LogP contribution in [0, 0.1) is 20.8 Å². The first-order chi connectivity index (χ1) is 14.5. The average molecular weight is 408 g/mol. The van der Waals surface area contributed by atoms with Crippen LogP contribution in [-0.4, -0.2) is 36.2 Å². The Balaban J connectivity index is 1.56. The molecular formula is C24H28N2O4. The van der Waals surface area contributed by atoms with Crippen molar-refractivity contribution >= 4 is 5.91 Å². The Morgan fingerprint density at radius 1 is 1.00 bits per heavy atom. The lowest BCUT2D eigenvalue weighted by Crippen LogP contribution is -2.29. The first kappa shape index (κ1) is 21.4. The van der Waals surface area contributed by atoms with Crippen LogP contribution in [0.1, 0.15) is 39.4 Å². The zero-order valence-corrected chi connectivity index (χ0v) is 18.0. The maximum Gasteiger partial charge on any atom is 0.257 e. The van der Waals surface area contributed by atoms with Crippen LogP contribution < -0.4 is 9.47 Å². The lowest BCUT2D eigenvalue weighted by atomic mass is 10.1. The maximum absolute atomic E-state index is 13.0. The van der Waals surface area contributed by atoms with E-state index in [0.29, 0.717) is 31.1 Å². The Labute approximate surface area is 177 Å². The van der Waals surface area contributed by atoms with Crippen LogP contribution in [0.3, 0.4) is 0 Å². The smallest absolute Gasteiger partial charge is 0.257 e. The van der Waals surface area contributed by atoms with Crippen molar-refractivity contribution < 1.29 is 18.8 Å². The van der Waals surface area contributed by atoms with Gasteiger partial charge in [0.05, 0.1) is 23.4 Å². The number of aryl methyl sites for hydroxylation is 3. The molecule has 0 spiro atoms. The summed E-state index contributed by atoms with van der Waals surface area (Å²) in [6.45, 7) is 7.18. The van der Waals surface area contributed by atoms with Crippen molar-refractivity contribution in [3.05, 3.63) is 76.7 Å². The topological polar surface area (TPSA) is 64.8 Å². The highest BCUT2D eigenvalue weighted by Crippen LogP contribution is 2.23. The van der Waals surface area contributed by atoms with Gasteiger partial charge in [0.25, 0.3) is 5.91 Å². The zero-order chi connectivity index (χ0) is 21.5. The number of amides is 1. The van der Waals surface area contributed by atoms with Crippen molar-refractivity contribution in [1.29, 1.82) is 0 Å². The van der Waals surface area contributed by atoms with E-state index in [9.17, 15) is 4.79 Å². The molecule has 1 aromatic heterocycles. The lowest BCUT2D eigenvalue weighted by molar-refractivity contribution is 0.0783. The van der Waals surface area contributed by atoms with Crippen molar-refractivity contribution in [2.24, 2.45) is 0 Å². The van der Waals surface area contributed by atoms with Gasteiger partial charge in [-0.1, -0.05) is 35.5 Å². The number of ether oxygens (including phenoxy) is 2. The number of para-hydroxylation sites is 2. The highest BCUT2D eigenvalue weighted by Gasteiger charge is 2.18. The molecule has 2 aromatic carbocycles. The fraction of sp³-hybridized carbons (Fsp3) is 0.333. The quantitative estimate of drug-likeness (QED) is 0.479. The molecule has 0 N–H and O–H groups in total. The first-order valence-corrected chi connectivity index (χ1v) is 10.0. The van der Waals surface area contributed by atoms with E-state index in [1.807, 2.05) is 57.2 Å². The van der Waals surface area contributed by atoms with E-state index in [4.69, 9.17) is 14.0 Å². The molecule has 0 fully saturated rings. The molecule has 0 saturated heterocycles. The van der Waals surface area contributed by atoms with Gasteiger partial charge in [0.2, 0.25) is 0 Å². The molecule has 3 rings (SSSR count). The van der Waals surface area contributed by atoms with Gasteiger partial charge in [-0.3, -0.25) is 4.79 Å². The molecule has 0 radical (unpaired) electrons. The largest absolute Gasteiger partial charge is 0.493 e. The van der Waals surface area contributed by atoms with Crippen LogP contribution in [0.2, 0.25) is 0 Å². The molecule has 1 heterocycles. The van der Waals surface area contributed by atoms with Crippen molar-refractivity contribution in [1.82, 2.24) is 10.1 Å². The van der Waals surface area contributed by atoms with Crippen LogP contribution in [-0.2, 0) is 6.61 Å². The molecule has 0 atom stereocenters. The van der Waals surface area contributed by atoms with E-state index in [1.54, 1.807) is 24.1 Å². The molecule has 6 heteroatoms. The number of carbonyl (C=O) groups excluding carboxylic acids is 1. The van der Waals surface area contributed by atoms with Gasteiger partial charge in [-0.15, -0.1) is 0 Å². The summed E-state index contributed by atoms with van der Waals surface area (Å²) >= 11 is 0. The van der Waals surface area contributed by atoms with Crippen molar-refractivity contribution in [2.45, 2.75) is 33.8 Å². The molecule has 0 saturated carbocycles. The average Bonchev–Trinajstić information content (AvgIpc) is 3.07. The van der Waals surface area contributed by atoms with Gasteiger partial charge in [0.1, 0.15) is 23.9 Å². The standard InChI is InChI=1S/C24H28N2O4/c1-17-10-5-7-12-22(17)28-15-9-14-26(4)24(27)20-11-6-8-13-23(20)29-16-21-18(2)25-30-19(21)3/h5-8,10-13H,9,14-16H2,1-4H3. The summed E-state index contributed by atoms with van der Waals surface area (Å²) in [6, 6.07) is 15.2. The summed E-state index contributed by atoms with van der Waals surface area (Å²) in [4.78, 5) is 14.6. The van der Waals surface area contributed by atoms with Crippen molar-refractivity contribution in [3.8, 4) is 11.5 Å². The van der Waals surface area contributed by atoms with E-state index < -0.39 is 0 Å². The van der Waals surface area contributed by atoms with E-state index in [1.165, 1.54) is 0 Å². The van der Waals surface area contributed by atoms with Gasteiger partial charge in [0.15, 0.2) is 0 Å².